The Morgan fingerprint density at radius 3 is 2.49 bits per heavy atom. The fourth-order valence-electron chi connectivity index (χ4n) is 3.53. The first kappa shape index (κ1) is 25.1. The molecule has 0 spiro atoms. The van der Waals surface area contributed by atoms with E-state index in [1.54, 1.807) is 41.8 Å². The molecule has 0 aliphatic carbocycles. The first-order valence-corrected chi connectivity index (χ1v) is 13.7. The van der Waals surface area contributed by atoms with Gasteiger partial charge in [0, 0.05) is 25.5 Å². The number of aromatic nitrogens is 1. The quantitative estimate of drug-likeness (QED) is 0.545. The molecular formula is C24H29N3O6S2. The number of carbonyl (C=O) groups is 1. The highest BCUT2D eigenvalue weighted by atomic mass is 32.2. The molecule has 1 amide bonds. The summed E-state index contributed by atoms with van der Waals surface area (Å²) >= 11 is 1.27. The second-order valence-corrected chi connectivity index (χ2v) is 10.2. The van der Waals surface area contributed by atoms with E-state index in [1.807, 2.05) is 26.0 Å². The maximum absolute atomic E-state index is 12.8. The Hall–Kier alpha value is -2.99. The second kappa shape index (κ2) is 11.2. The van der Waals surface area contributed by atoms with Gasteiger partial charge in [-0.25, -0.2) is 13.4 Å². The molecule has 1 N–H and O–H groups in total. The number of nitrogens with one attached hydrogen (secondary N) is 1. The van der Waals surface area contributed by atoms with Crippen molar-refractivity contribution in [1.29, 1.82) is 0 Å². The molecule has 3 heterocycles. The van der Waals surface area contributed by atoms with Gasteiger partial charge in [-0.15, -0.1) is 11.3 Å². The molecule has 1 fully saturated rings. The summed E-state index contributed by atoms with van der Waals surface area (Å²) in [4.78, 5) is 17.3. The number of rotatable bonds is 5. The van der Waals surface area contributed by atoms with E-state index in [9.17, 15) is 13.2 Å². The normalized spacial score (nSPS) is 17.7. The first-order valence-electron chi connectivity index (χ1n) is 11.3. The summed E-state index contributed by atoms with van der Waals surface area (Å²) in [5, 5.41) is 4.98. The molecule has 11 heteroatoms. The largest absolute Gasteiger partial charge is 0.485 e. The van der Waals surface area contributed by atoms with Crippen LogP contribution in [0.25, 0.3) is 11.3 Å². The average molecular weight is 520 g/mol. The number of hydrogen-bond acceptors (Lipinski definition) is 8. The van der Waals surface area contributed by atoms with Crippen LogP contribution < -0.4 is 14.8 Å². The third-order valence-electron chi connectivity index (χ3n) is 5.29. The summed E-state index contributed by atoms with van der Waals surface area (Å²) in [7, 11) is -3.55. The van der Waals surface area contributed by atoms with Crippen LogP contribution in [-0.2, 0) is 19.6 Å². The highest BCUT2D eigenvalue weighted by Crippen LogP contribution is 2.32. The van der Waals surface area contributed by atoms with Crippen LogP contribution in [0.1, 0.15) is 15.3 Å². The number of fused-ring (bicyclic) bond motifs is 1. The number of ether oxygens (including phenoxy) is 3. The van der Waals surface area contributed by atoms with Gasteiger partial charge in [0.2, 0.25) is 16.1 Å². The van der Waals surface area contributed by atoms with E-state index in [0.29, 0.717) is 48.6 Å². The molecule has 0 saturated carbocycles. The SMILES string of the molecule is CC.O=C(Nc1nc(-c2ccc(S(=O)(=O)N3CCOCC3)cc2)cs1)C1COc2ccccc2O1.[HH]. The molecular weight excluding hydrogens is 490 g/mol. The standard InChI is InChI=1S/C22H21N3O6S2.C2H6.H2/c26-21(20-13-30-18-3-1-2-4-19(18)31-20)24-22-23-17(14-32-22)15-5-7-16(8-6-15)33(27,28)25-9-11-29-12-10-25;1-2;/h1-8,14,20H,9-13H2,(H,23,24,26);1-2H3;1H. The van der Waals surface area contributed by atoms with Crippen molar-refractivity contribution >= 4 is 32.4 Å². The number of amides is 1. The van der Waals surface area contributed by atoms with Crippen molar-refractivity contribution in [2.75, 3.05) is 38.2 Å². The van der Waals surface area contributed by atoms with Crippen molar-refractivity contribution in [3.63, 3.8) is 0 Å². The minimum atomic E-state index is -3.55. The number of para-hydroxylation sites is 2. The number of hydrogen-bond donors (Lipinski definition) is 1. The Labute approximate surface area is 210 Å². The number of thiazole rings is 1. The van der Waals surface area contributed by atoms with E-state index < -0.39 is 16.1 Å². The molecule has 2 aliphatic rings. The van der Waals surface area contributed by atoms with Gasteiger partial charge < -0.3 is 14.2 Å². The van der Waals surface area contributed by atoms with Crippen LogP contribution in [0, 0.1) is 0 Å². The zero-order valence-corrected chi connectivity index (χ0v) is 21.1. The first-order chi connectivity index (χ1) is 17.0. The molecule has 1 unspecified atom stereocenters. The van der Waals surface area contributed by atoms with Gasteiger partial charge in [0.15, 0.2) is 16.6 Å². The van der Waals surface area contributed by atoms with Crippen LogP contribution in [0.4, 0.5) is 5.13 Å². The zero-order chi connectivity index (χ0) is 24.8. The highest BCUT2D eigenvalue weighted by molar-refractivity contribution is 7.89. The number of benzene rings is 2. The Kier molecular flexibility index (Phi) is 8.01. The van der Waals surface area contributed by atoms with E-state index in [1.165, 1.54) is 15.6 Å². The molecule has 188 valence electrons. The van der Waals surface area contributed by atoms with Gasteiger partial charge in [-0.1, -0.05) is 38.1 Å². The van der Waals surface area contributed by atoms with E-state index in [-0.39, 0.29) is 18.8 Å². The third-order valence-corrected chi connectivity index (χ3v) is 7.96. The lowest BCUT2D eigenvalue weighted by molar-refractivity contribution is -0.125. The van der Waals surface area contributed by atoms with Crippen LogP contribution in [-0.4, -0.2) is 62.6 Å². The van der Waals surface area contributed by atoms with Gasteiger partial charge in [-0.2, -0.15) is 4.31 Å². The van der Waals surface area contributed by atoms with Crippen molar-refractivity contribution < 1.29 is 28.8 Å². The maximum Gasteiger partial charge on any atom is 0.270 e. The number of carbonyl (C=O) groups excluding carboxylic acids is 1. The Morgan fingerprint density at radius 1 is 1.09 bits per heavy atom. The lowest BCUT2D eigenvalue weighted by Gasteiger charge is -2.26. The van der Waals surface area contributed by atoms with Gasteiger partial charge >= 0.3 is 0 Å². The average Bonchev–Trinajstić information content (AvgIpc) is 3.38. The van der Waals surface area contributed by atoms with Crippen LogP contribution in [0.5, 0.6) is 11.5 Å². The Morgan fingerprint density at radius 2 is 1.77 bits per heavy atom. The van der Waals surface area contributed by atoms with Crippen molar-refractivity contribution in [2.24, 2.45) is 0 Å². The lowest BCUT2D eigenvalue weighted by atomic mass is 10.2. The van der Waals surface area contributed by atoms with Gasteiger partial charge in [0.25, 0.3) is 5.91 Å². The number of morpholine rings is 1. The molecule has 35 heavy (non-hydrogen) atoms. The summed E-state index contributed by atoms with van der Waals surface area (Å²) in [5.74, 6) is 0.783. The van der Waals surface area contributed by atoms with Gasteiger partial charge in [-0.05, 0) is 24.3 Å². The summed E-state index contributed by atoms with van der Waals surface area (Å²) in [6.07, 6.45) is -0.781. The summed E-state index contributed by atoms with van der Waals surface area (Å²) < 4.78 is 43.5. The van der Waals surface area contributed by atoms with Crippen molar-refractivity contribution in [1.82, 2.24) is 9.29 Å². The van der Waals surface area contributed by atoms with Gasteiger partial charge in [0.05, 0.1) is 23.8 Å². The summed E-state index contributed by atoms with van der Waals surface area (Å²) in [6.45, 7) is 5.60. The molecule has 1 atom stereocenters. The topological polar surface area (TPSA) is 107 Å². The van der Waals surface area contributed by atoms with E-state index in [0.717, 1.165) is 5.56 Å². The highest BCUT2D eigenvalue weighted by Gasteiger charge is 2.28. The number of sulfonamides is 1. The molecule has 2 aliphatic heterocycles. The number of nitrogens with zero attached hydrogens (tertiary/aromatic N) is 2. The molecule has 5 rings (SSSR count). The third kappa shape index (κ3) is 5.64. The van der Waals surface area contributed by atoms with Crippen molar-refractivity contribution in [3.8, 4) is 22.8 Å². The molecule has 1 aromatic heterocycles. The van der Waals surface area contributed by atoms with Crippen LogP contribution in [0.15, 0.2) is 58.8 Å². The van der Waals surface area contributed by atoms with Gasteiger partial charge in [-0.3, -0.25) is 10.1 Å². The van der Waals surface area contributed by atoms with Crippen molar-refractivity contribution in [2.45, 2.75) is 24.8 Å². The van der Waals surface area contributed by atoms with Crippen LogP contribution >= 0.6 is 11.3 Å². The molecule has 2 aromatic carbocycles. The predicted octanol–water partition coefficient (Wildman–Crippen LogP) is 3.88. The Balaban J connectivity index is 0.00000117. The fraction of sp³-hybridized carbons (Fsp3) is 0.333. The van der Waals surface area contributed by atoms with Crippen LogP contribution in [0.3, 0.4) is 0 Å². The second-order valence-electron chi connectivity index (χ2n) is 7.43. The molecule has 0 radical (unpaired) electrons. The van der Waals surface area contributed by atoms with E-state index >= 15 is 0 Å². The number of anilines is 1. The monoisotopic (exact) mass is 519 g/mol. The summed E-state index contributed by atoms with van der Waals surface area (Å²) in [6, 6.07) is 13.8. The molecule has 0 bridgehead atoms. The molecule has 9 nitrogen and oxygen atoms in total. The van der Waals surface area contributed by atoms with E-state index in [4.69, 9.17) is 14.2 Å². The van der Waals surface area contributed by atoms with Crippen LogP contribution in [0.2, 0.25) is 0 Å². The maximum atomic E-state index is 12.8. The fourth-order valence-corrected chi connectivity index (χ4v) is 5.66. The minimum absolute atomic E-state index is 0. The van der Waals surface area contributed by atoms with Gasteiger partial charge in [0.1, 0.15) is 6.61 Å². The van der Waals surface area contributed by atoms with E-state index in [2.05, 4.69) is 10.3 Å². The zero-order valence-electron chi connectivity index (χ0n) is 19.5. The Bertz CT molecular complexity index is 1260. The minimum Gasteiger partial charge on any atom is -0.485 e. The lowest BCUT2D eigenvalue weighted by Crippen LogP contribution is -2.40. The smallest absolute Gasteiger partial charge is 0.270 e. The molecule has 1 saturated heterocycles. The summed E-state index contributed by atoms with van der Waals surface area (Å²) in [5.41, 5.74) is 1.38. The molecule has 3 aromatic rings. The van der Waals surface area contributed by atoms with Crippen molar-refractivity contribution in [3.05, 3.63) is 53.9 Å². The predicted molar refractivity (Wildman–Crippen MR) is 136 cm³/mol.